The minimum Gasteiger partial charge on any atom is -0.464 e. The van der Waals surface area contributed by atoms with Crippen LogP contribution in [0.25, 0.3) is 22.2 Å². The Labute approximate surface area is 206 Å². The summed E-state index contributed by atoms with van der Waals surface area (Å²) in [5, 5.41) is 2.45. The fraction of sp³-hybridized carbons (Fsp3) is 0.208. The van der Waals surface area contributed by atoms with E-state index in [2.05, 4.69) is 4.98 Å². The summed E-state index contributed by atoms with van der Waals surface area (Å²) in [6, 6.07) is 9.90. The Balaban J connectivity index is 1.61. The molecule has 0 radical (unpaired) electrons. The van der Waals surface area contributed by atoms with Gasteiger partial charge in [-0.25, -0.2) is 4.99 Å². The molecule has 5 rings (SSSR count). The molecule has 180 valence electrons. The number of nitrogens with two attached hydrogens (primary N) is 1. The van der Waals surface area contributed by atoms with Crippen LogP contribution < -0.4 is 5.73 Å². The lowest BCUT2D eigenvalue weighted by Crippen LogP contribution is -2.52. The second kappa shape index (κ2) is 8.10. The van der Waals surface area contributed by atoms with Crippen molar-refractivity contribution in [3.8, 4) is 11.3 Å². The number of benzene rings is 1. The number of furan rings is 1. The van der Waals surface area contributed by atoms with Gasteiger partial charge in [0.15, 0.2) is 5.96 Å². The Morgan fingerprint density at radius 3 is 2.71 bits per heavy atom. The quantitative estimate of drug-likeness (QED) is 0.360. The summed E-state index contributed by atoms with van der Waals surface area (Å²) in [6.07, 6.45) is -2.23. The number of hydrogen-bond acceptors (Lipinski definition) is 6. The van der Waals surface area contributed by atoms with Crippen LogP contribution in [0.1, 0.15) is 28.8 Å². The predicted molar refractivity (Wildman–Crippen MR) is 128 cm³/mol. The van der Waals surface area contributed by atoms with E-state index >= 15 is 0 Å². The summed E-state index contributed by atoms with van der Waals surface area (Å²) >= 11 is 7.46. The SMILES string of the molecule is CN1C(=O)C(c2ccc3occc3c2)[C@@](C)(c2cc(-c3ncc(C(F)(F)F)cc3Cl)cs2)N=C1N. The summed E-state index contributed by atoms with van der Waals surface area (Å²) in [5.74, 6) is -0.871. The molecule has 35 heavy (non-hydrogen) atoms. The zero-order valence-electron chi connectivity index (χ0n) is 18.4. The molecule has 1 unspecified atom stereocenters. The Morgan fingerprint density at radius 2 is 2.00 bits per heavy atom. The second-order valence-electron chi connectivity index (χ2n) is 8.42. The Bertz CT molecular complexity index is 1500. The van der Waals surface area contributed by atoms with Crippen LogP contribution in [0, 0.1) is 0 Å². The van der Waals surface area contributed by atoms with Crippen LogP contribution >= 0.6 is 22.9 Å². The van der Waals surface area contributed by atoms with Gasteiger partial charge in [0.05, 0.1) is 28.5 Å². The average Bonchev–Trinajstić information content (AvgIpc) is 3.47. The first kappa shape index (κ1) is 23.4. The highest BCUT2D eigenvalue weighted by Gasteiger charge is 2.48. The smallest absolute Gasteiger partial charge is 0.417 e. The summed E-state index contributed by atoms with van der Waals surface area (Å²) in [4.78, 5) is 24.1. The number of nitrogens with zero attached hydrogens (tertiary/aromatic N) is 3. The van der Waals surface area contributed by atoms with Gasteiger partial charge in [-0.05, 0) is 42.8 Å². The molecule has 0 fully saturated rings. The third-order valence-corrected chi connectivity index (χ3v) is 7.63. The highest BCUT2D eigenvalue weighted by atomic mass is 35.5. The molecule has 2 N–H and O–H groups in total. The van der Waals surface area contributed by atoms with Crippen molar-refractivity contribution in [2.24, 2.45) is 10.7 Å². The van der Waals surface area contributed by atoms with Crippen molar-refractivity contribution in [1.82, 2.24) is 9.88 Å². The number of pyridine rings is 1. The predicted octanol–water partition coefficient (Wildman–Crippen LogP) is 6.01. The maximum Gasteiger partial charge on any atom is 0.417 e. The normalized spacial score (nSPS) is 21.0. The molecule has 4 aromatic rings. The maximum absolute atomic E-state index is 13.5. The highest BCUT2D eigenvalue weighted by molar-refractivity contribution is 7.10. The minimum atomic E-state index is -4.55. The van der Waals surface area contributed by atoms with Gasteiger partial charge in [-0.2, -0.15) is 13.2 Å². The molecule has 0 bridgehead atoms. The van der Waals surface area contributed by atoms with E-state index in [1.807, 2.05) is 25.1 Å². The van der Waals surface area contributed by atoms with Crippen LogP contribution in [-0.2, 0) is 16.5 Å². The van der Waals surface area contributed by atoms with Gasteiger partial charge in [-0.3, -0.25) is 14.7 Å². The van der Waals surface area contributed by atoms with Crippen molar-refractivity contribution >= 4 is 45.8 Å². The summed E-state index contributed by atoms with van der Waals surface area (Å²) in [7, 11) is 1.57. The molecule has 4 heterocycles. The zero-order chi connectivity index (χ0) is 25.1. The lowest BCUT2D eigenvalue weighted by molar-refractivity contribution is -0.137. The van der Waals surface area contributed by atoms with Crippen molar-refractivity contribution in [1.29, 1.82) is 0 Å². The minimum absolute atomic E-state index is 0.0683. The second-order valence-corrected chi connectivity index (χ2v) is 9.74. The number of likely N-dealkylation sites (N-methyl/N-ethyl adjacent to an activating group) is 1. The van der Waals surface area contributed by atoms with Gasteiger partial charge in [0.25, 0.3) is 0 Å². The van der Waals surface area contributed by atoms with E-state index in [0.717, 1.165) is 23.2 Å². The number of aromatic nitrogens is 1. The maximum atomic E-state index is 13.5. The first-order valence-corrected chi connectivity index (χ1v) is 11.7. The Kier molecular flexibility index (Phi) is 5.41. The Morgan fingerprint density at radius 1 is 1.23 bits per heavy atom. The molecule has 3 aromatic heterocycles. The lowest BCUT2D eigenvalue weighted by Gasteiger charge is -2.40. The van der Waals surface area contributed by atoms with Gasteiger partial charge in [0.2, 0.25) is 5.91 Å². The van der Waals surface area contributed by atoms with Crippen LogP contribution in [0.5, 0.6) is 0 Å². The number of guanidine groups is 1. The fourth-order valence-corrected chi connectivity index (χ4v) is 5.59. The van der Waals surface area contributed by atoms with Crippen molar-refractivity contribution in [3.63, 3.8) is 0 Å². The third kappa shape index (κ3) is 3.86. The fourth-order valence-electron chi connectivity index (χ4n) is 4.28. The molecule has 1 amide bonds. The largest absolute Gasteiger partial charge is 0.464 e. The molecule has 1 aromatic carbocycles. The van der Waals surface area contributed by atoms with E-state index in [1.54, 1.807) is 30.8 Å². The van der Waals surface area contributed by atoms with Gasteiger partial charge in [-0.15, -0.1) is 11.3 Å². The highest BCUT2D eigenvalue weighted by Crippen LogP contribution is 2.48. The number of carbonyl (C=O) groups excluding carboxylic acids is 1. The van der Waals surface area contributed by atoms with Crippen molar-refractivity contribution in [2.75, 3.05) is 7.05 Å². The monoisotopic (exact) mass is 518 g/mol. The first-order valence-electron chi connectivity index (χ1n) is 10.4. The van der Waals surface area contributed by atoms with Gasteiger partial charge in [0.1, 0.15) is 11.1 Å². The van der Waals surface area contributed by atoms with Crippen LogP contribution in [0.2, 0.25) is 5.02 Å². The molecule has 0 spiro atoms. The van der Waals surface area contributed by atoms with E-state index < -0.39 is 23.2 Å². The van der Waals surface area contributed by atoms with Crippen molar-refractivity contribution < 1.29 is 22.4 Å². The van der Waals surface area contributed by atoms with Crippen LogP contribution in [0.4, 0.5) is 13.2 Å². The molecular weight excluding hydrogens is 501 g/mol. The number of amides is 1. The molecule has 11 heteroatoms. The van der Waals surface area contributed by atoms with E-state index in [-0.39, 0.29) is 22.6 Å². The molecular formula is C24H18ClF3N4O2S. The molecule has 6 nitrogen and oxygen atoms in total. The Hall–Kier alpha value is -3.37. The first-order chi connectivity index (χ1) is 16.5. The zero-order valence-corrected chi connectivity index (χ0v) is 20.0. The number of rotatable bonds is 3. The third-order valence-electron chi connectivity index (χ3n) is 6.18. The summed E-state index contributed by atoms with van der Waals surface area (Å²) < 4.78 is 44.5. The molecule has 2 atom stereocenters. The number of fused-ring (bicyclic) bond motifs is 1. The van der Waals surface area contributed by atoms with E-state index in [0.29, 0.717) is 16.0 Å². The standard InChI is InChI=1S/C24H18ClF3N4O2S/c1-23(18-8-14(11-35-18)20-16(25)9-15(10-30-20)24(26,27)28)19(21(33)32(2)22(29)31-23)13-3-4-17-12(7-13)5-6-34-17/h3-11,19H,1-2H3,(H2,29,31)/t19?,23-/m1/s1. The van der Waals surface area contributed by atoms with Gasteiger partial charge < -0.3 is 10.2 Å². The molecule has 1 aliphatic heterocycles. The number of carbonyl (C=O) groups is 1. The molecule has 1 aliphatic rings. The average molecular weight is 519 g/mol. The number of halogens is 4. The molecule has 0 saturated heterocycles. The van der Waals surface area contributed by atoms with E-state index in [1.165, 1.54) is 16.2 Å². The van der Waals surface area contributed by atoms with Crippen molar-refractivity contribution in [2.45, 2.75) is 24.6 Å². The van der Waals surface area contributed by atoms with E-state index in [4.69, 9.17) is 26.7 Å². The van der Waals surface area contributed by atoms with E-state index in [9.17, 15) is 18.0 Å². The van der Waals surface area contributed by atoms with Gasteiger partial charge >= 0.3 is 6.18 Å². The number of alkyl halides is 3. The van der Waals surface area contributed by atoms with Crippen LogP contribution in [0.15, 0.2) is 63.6 Å². The number of thiophene rings is 1. The topological polar surface area (TPSA) is 84.7 Å². The number of hydrogen-bond donors (Lipinski definition) is 1. The lowest BCUT2D eigenvalue weighted by atomic mass is 9.77. The number of aliphatic imine (C=N–C) groups is 1. The summed E-state index contributed by atoms with van der Waals surface area (Å²) in [6.45, 7) is 1.81. The molecule has 0 saturated carbocycles. The van der Waals surface area contributed by atoms with Crippen LogP contribution in [-0.4, -0.2) is 28.8 Å². The van der Waals surface area contributed by atoms with Crippen LogP contribution in [0.3, 0.4) is 0 Å². The summed E-state index contributed by atoms with van der Waals surface area (Å²) in [5.41, 5.74) is 6.25. The van der Waals surface area contributed by atoms with Gasteiger partial charge in [-0.1, -0.05) is 17.7 Å². The van der Waals surface area contributed by atoms with Crippen molar-refractivity contribution in [3.05, 3.63) is 75.3 Å². The molecule has 0 aliphatic carbocycles. The van der Waals surface area contributed by atoms with Gasteiger partial charge in [0, 0.05) is 34.5 Å².